The standard InChI is InChI=1S/C15H27NO2/c1-3-15(4-2)12-13(18-14(15)17)8-11-16-9-6-5-7-10-16/h13H,3-12H2,1-2H3. The second-order valence-corrected chi connectivity index (χ2v) is 5.91. The molecule has 0 amide bonds. The lowest BCUT2D eigenvalue weighted by Gasteiger charge is -2.27. The maximum absolute atomic E-state index is 12.0. The van der Waals surface area contributed by atoms with Crippen LogP contribution in [0.1, 0.15) is 58.8 Å². The molecule has 0 spiro atoms. The summed E-state index contributed by atoms with van der Waals surface area (Å²) >= 11 is 0. The van der Waals surface area contributed by atoms with E-state index in [1.807, 2.05) is 0 Å². The topological polar surface area (TPSA) is 29.5 Å². The van der Waals surface area contributed by atoms with Crippen LogP contribution in [0, 0.1) is 5.41 Å². The van der Waals surface area contributed by atoms with Gasteiger partial charge in [-0.3, -0.25) is 4.79 Å². The first kappa shape index (κ1) is 13.9. The molecule has 1 atom stereocenters. The second kappa shape index (κ2) is 6.05. The van der Waals surface area contributed by atoms with E-state index in [0.29, 0.717) is 0 Å². The summed E-state index contributed by atoms with van der Waals surface area (Å²) in [4.78, 5) is 14.5. The fourth-order valence-corrected chi connectivity index (χ4v) is 3.34. The molecule has 0 aliphatic carbocycles. The number of hydrogen-bond acceptors (Lipinski definition) is 3. The minimum atomic E-state index is -0.174. The van der Waals surface area contributed by atoms with Gasteiger partial charge in [0.05, 0.1) is 5.41 Å². The van der Waals surface area contributed by atoms with Crippen molar-refractivity contribution in [1.82, 2.24) is 4.90 Å². The molecule has 0 aromatic rings. The molecule has 2 saturated heterocycles. The van der Waals surface area contributed by atoms with Crippen molar-refractivity contribution >= 4 is 5.97 Å². The van der Waals surface area contributed by atoms with Gasteiger partial charge < -0.3 is 9.64 Å². The maximum Gasteiger partial charge on any atom is 0.312 e. The van der Waals surface area contributed by atoms with E-state index in [9.17, 15) is 4.79 Å². The van der Waals surface area contributed by atoms with Crippen molar-refractivity contribution < 1.29 is 9.53 Å². The number of cyclic esters (lactones) is 1. The summed E-state index contributed by atoms with van der Waals surface area (Å²) in [5.74, 6) is 0.0520. The van der Waals surface area contributed by atoms with Crippen LogP contribution in [-0.4, -0.2) is 36.6 Å². The third-order valence-electron chi connectivity index (χ3n) is 4.89. The average Bonchev–Trinajstić information content (AvgIpc) is 2.74. The van der Waals surface area contributed by atoms with Crippen LogP contribution in [0.5, 0.6) is 0 Å². The Bertz CT molecular complexity index is 280. The first-order chi connectivity index (χ1) is 8.70. The van der Waals surface area contributed by atoms with Crippen LogP contribution in [0.15, 0.2) is 0 Å². The first-order valence-corrected chi connectivity index (χ1v) is 7.63. The zero-order valence-electron chi connectivity index (χ0n) is 11.9. The van der Waals surface area contributed by atoms with Crippen LogP contribution < -0.4 is 0 Å². The van der Waals surface area contributed by atoms with Gasteiger partial charge in [-0.05, 0) is 45.2 Å². The molecule has 2 fully saturated rings. The van der Waals surface area contributed by atoms with E-state index in [0.717, 1.165) is 32.2 Å². The molecule has 2 aliphatic heterocycles. The summed E-state index contributed by atoms with van der Waals surface area (Å²) in [6.45, 7) is 7.78. The second-order valence-electron chi connectivity index (χ2n) is 5.91. The predicted octanol–water partition coefficient (Wildman–Crippen LogP) is 2.98. The van der Waals surface area contributed by atoms with Gasteiger partial charge in [0.1, 0.15) is 6.10 Å². The zero-order valence-corrected chi connectivity index (χ0v) is 11.9. The minimum absolute atomic E-state index is 0.0520. The molecule has 18 heavy (non-hydrogen) atoms. The SMILES string of the molecule is CCC1(CC)CC(CCN2CCCCC2)OC1=O. The molecule has 2 rings (SSSR count). The number of esters is 1. The molecular formula is C15H27NO2. The van der Waals surface area contributed by atoms with Gasteiger partial charge >= 0.3 is 5.97 Å². The Morgan fingerprint density at radius 1 is 1.22 bits per heavy atom. The smallest absolute Gasteiger partial charge is 0.312 e. The largest absolute Gasteiger partial charge is 0.462 e. The average molecular weight is 253 g/mol. The van der Waals surface area contributed by atoms with Gasteiger partial charge in [-0.2, -0.15) is 0 Å². The van der Waals surface area contributed by atoms with E-state index >= 15 is 0 Å². The zero-order chi connectivity index (χ0) is 13.0. The normalized spacial score (nSPS) is 28.3. The summed E-state index contributed by atoms with van der Waals surface area (Å²) in [6.07, 6.45) is 8.00. The summed E-state index contributed by atoms with van der Waals surface area (Å²) in [7, 11) is 0. The molecule has 2 aliphatic rings. The van der Waals surface area contributed by atoms with Crippen molar-refractivity contribution in [3.05, 3.63) is 0 Å². The van der Waals surface area contributed by atoms with Crippen molar-refractivity contribution in [3.8, 4) is 0 Å². The summed E-state index contributed by atoms with van der Waals surface area (Å²) in [5.41, 5.74) is -0.174. The van der Waals surface area contributed by atoms with Crippen LogP contribution >= 0.6 is 0 Å². The summed E-state index contributed by atoms with van der Waals surface area (Å²) < 4.78 is 5.58. The number of ether oxygens (including phenoxy) is 1. The van der Waals surface area contributed by atoms with Gasteiger partial charge in [0.25, 0.3) is 0 Å². The number of nitrogens with zero attached hydrogens (tertiary/aromatic N) is 1. The van der Waals surface area contributed by atoms with Gasteiger partial charge in [0.2, 0.25) is 0 Å². The van der Waals surface area contributed by atoms with Crippen molar-refractivity contribution in [2.75, 3.05) is 19.6 Å². The first-order valence-electron chi connectivity index (χ1n) is 7.63. The maximum atomic E-state index is 12.0. The quantitative estimate of drug-likeness (QED) is 0.705. The van der Waals surface area contributed by atoms with Crippen LogP contribution in [0.2, 0.25) is 0 Å². The highest BCUT2D eigenvalue weighted by Crippen LogP contribution is 2.41. The van der Waals surface area contributed by atoms with E-state index in [1.54, 1.807) is 0 Å². The van der Waals surface area contributed by atoms with Crippen molar-refractivity contribution in [2.45, 2.75) is 64.9 Å². The van der Waals surface area contributed by atoms with E-state index in [-0.39, 0.29) is 17.5 Å². The van der Waals surface area contributed by atoms with Crippen molar-refractivity contribution in [3.63, 3.8) is 0 Å². The fraction of sp³-hybridized carbons (Fsp3) is 0.933. The molecule has 3 nitrogen and oxygen atoms in total. The van der Waals surface area contributed by atoms with E-state index in [2.05, 4.69) is 18.7 Å². The van der Waals surface area contributed by atoms with E-state index in [4.69, 9.17) is 4.74 Å². The molecule has 3 heteroatoms. The predicted molar refractivity (Wildman–Crippen MR) is 72.4 cm³/mol. The minimum Gasteiger partial charge on any atom is -0.462 e. The van der Waals surface area contributed by atoms with Gasteiger partial charge in [0.15, 0.2) is 0 Å². The number of likely N-dealkylation sites (tertiary alicyclic amines) is 1. The molecule has 0 saturated carbocycles. The molecule has 0 aromatic heterocycles. The number of piperidine rings is 1. The van der Waals surface area contributed by atoms with Crippen LogP contribution in [0.25, 0.3) is 0 Å². The Balaban J connectivity index is 1.79. The van der Waals surface area contributed by atoms with E-state index < -0.39 is 0 Å². The summed E-state index contributed by atoms with van der Waals surface area (Å²) in [5, 5.41) is 0. The van der Waals surface area contributed by atoms with Crippen molar-refractivity contribution in [1.29, 1.82) is 0 Å². The van der Waals surface area contributed by atoms with Gasteiger partial charge in [-0.25, -0.2) is 0 Å². The Morgan fingerprint density at radius 2 is 1.89 bits per heavy atom. The summed E-state index contributed by atoms with van der Waals surface area (Å²) in [6, 6.07) is 0. The number of carbonyl (C=O) groups is 1. The van der Waals surface area contributed by atoms with Gasteiger partial charge in [-0.1, -0.05) is 20.3 Å². The number of hydrogen-bond donors (Lipinski definition) is 0. The molecule has 0 bridgehead atoms. The fourth-order valence-electron chi connectivity index (χ4n) is 3.34. The highest BCUT2D eigenvalue weighted by molar-refractivity contribution is 5.78. The lowest BCUT2D eigenvalue weighted by atomic mass is 9.79. The van der Waals surface area contributed by atoms with Crippen LogP contribution in [0.3, 0.4) is 0 Å². The molecule has 2 heterocycles. The van der Waals surface area contributed by atoms with Gasteiger partial charge in [0, 0.05) is 13.0 Å². The lowest BCUT2D eigenvalue weighted by molar-refractivity contribution is -0.149. The van der Waals surface area contributed by atoms with Crippen LogP contribution in [0.4, 0.5) is 0 Å². The Hall–Kier alpha value is -0.570. The van der Waals surface area contributed by atoms with E-state index in [1.165, 1.54) is 32.4 Å². The lowest BCUT2D eigenvalue weighted by Crippen LogP contribution is -2.32. The molecular weight excluding hydrogens is 226 g/mol. The molecule has 1 unspecified atom stereocenters. The molecule has 104 valence electrons. The highest BCUT2D eigenvalue weighted by Gasteiger charge is 2.46. The number of carbonyl (C=O) groups excluding carboxylic acids is 1. The van der Waals surface area contributed by atoms with Gasteiger partial charge in [-0.15, -0.1) is 0 Å². The molecule has 0 radical (unpaired) electrons. The molecule has 0 N–H and O–H groups in total. The third-order valence-corrected chi connectivity index (χ3v) is 4.89. The Kier molecular flexibility index (Phi) is 4.66. The highest BCUT2D eigenvalue weighted by atomic mass is 16.6. The molecule has 0 aromatic carbocycles. The third kappa shape index (κ3) is 2.87. The number of rotatable bonds is 5. The Morgan fingerprint density at radius 3 is 2.44 bits per heavy atom. The monoisotopic (exact) mass is 253 g/mol. The van der Waals surface area contributed by atoms with Crippen LogP contribution in [-0.2, 0) is 9.53 Å². The Labute approximate surface area is 111 Å². The van der Waals surface area contributed by atoms with Crippen molar-refractivity contribution in [2.24, 2.45) is 5.41 Å².